The third-order valence-corrected chi connectivity index (χ3v) is 3.40. The van der Waals surface area contributed by atoms with Crippen LogP contribution in [0.2, 0.25) is 5.15 Å². The molecule has 9 heteroatoms. The summed E-state index contributed by atoms with van der Waals surface area (Å²) in [5.74, 6) is -1.40. The molecule has 1 amide bonds. The molecule has 0 aromatic carbocycles. The Labute approximate surface area is 144 Å². The van der Waals surface area contributed by atoms with E-state index in [2.05, 4.69) is 21.1 Å². The molecule has 8 nitrogen and oxygen atoms in total. The standard InChI is InChI=1S/C15H17ClN4O4/c1-5-6-7-20(2)14(21)11-9(12(19-17)15(22)24-4)8-10(23-3)18-13(11)16/h5,8H,1,6-7H2,2-4H3. The summed E-state index contributed by atoms with van der Waals surface area (Å²) < 4.78 is 9.54. The maximum atomic E-state index is 12.7. The second kappa shape index (κ2) is 8.81. The highest BCUT2D eigenvalue weighted by atomic mass is 35.5. The van der Waals surface area contributed by atoms with Gasteiger partial charge in [0.25, 0.3) is 5.91 Å². The fourth-order valence-electron chi connectivity index (χ4n) is 1.87. The van der Waals surface area contributed by atoms with E-state index < -0.39 is 17.6 Å². The van der Waals surface area contributed by atoms with Gasteiger partial charge in [0.15, 0.2) is 0 Å². The number of aromatic nitrogens is 1. The van der Waals surface area contributed by atoms with Crippen molar-refractivity contribution in [1.29, 1.82) is 0 Å². The van der Waals surface area contributed by atoms with Crippen LogP contribution >= 0.6 is 11.6 Å². The van der Waals surface area contributed by atoms with Gasteiger partial charge in [-0.2, -0.15) is 4.79 Å². The lowest BCUT2D eigenvalue weighted by Gasteiger charge is -2.18. The first kappa shape index (κ1) is 19.3. The SMILES string of the molecule is C=CCCN(C)C(=O)c1c(C(=[N+]=[N-])C(=O)OC)cc(OC)nc1Cl. The van der Waals surface area contributed by atoms with Gasteiger partial charge in [-0.25, -0.2) is 9.78 Å². The van der Waals surface area contributed by atoms with E-state index in [0.29, 0.717) is 13.0 Å². The molecule has 1 rings (SSSR count). The Morgan fingerprint density at radius 3 is 2.67 bits per heavy atom. The van der Waals surface area contributed by atoms with E-state index in [9.17, 15) is 9.59 Å². The smallest absolute Gasteiger partial charge is 0.422 e. The summed E-state index contributed by atoms with van der Waals surface area (Å²) >= 11 is 6.09. The average molecular weight is 353 g/mol. The van der Waals surface area contributed by atoms with Gasteiger partial charge in [0, 0.05) is 19.7 Å². The van der Waals surface area contributed by atoms with Crippen LogP contribution in [0.25, 0.3) is 5.53 Å². The quantitative estimate of drug-likeness (QED) is 0.185. The molecule has 0 aliphatic carbocycles. The summed E-state index contributed by atoms with van der Waals surface area (Å²) in [6.07, 6.45) is 2.23. The van der Waals surface area contributed by atoms with Crippen molar-refractivity contribution in [2.24, 2.45) is 0 Å². The van der Waals surface area contributed by atoms with Gasteiger partial charge >= 0.3 is 11.7 Å². The van der Waals surface area contributed by atoms with Crippen LogP contribution in [0.3, 0.4) is 0 Å². The molecule has 0 bridgehead atoms. The summed E-state index contributed by atoms with van der Waals surface area (Å²) in [5.41, 5.74) is 8.54. The van der Waals surface area contributed by atoms with Crippen LogP contribution in [0.15, 0.2) is 18.7 Å². The number of carbonyl (C=O) groups is 2. The average Bonchev–Trinajstić information content (AvgIpc) is 2.58. The number of rotatable bonds is 7. The van der Waals surface area contributed by atoms with Crippen molar-refractivity contribution in [3.63, 3.8) is 0 Å². The van der Waals surface area contributed by atoms with Gasteiger partial charge in [0.05, 0.1) is 25.3 Å². The molecule has 0 radical (unpaired) electrons. The van der Waals surface area contributed by atoms with Gasteiger partial charge in [-0.1, -0.05) is 17.7 Å². The monoisotopic (exact) mass is 352 g/mol. The van der Waals surface area contributed by atoms with E-state index in [0.717, 1.165) is 7.11 Å². The third-order valence-electron chi connectivity index (χ3n) is 3.12. The molecule has 1 aromatic rings. The van der Waals surface area contributed by atoms with Crippen LogP contribution in [0.4, 0.5) is 0 Å². The maximum absolute atomic E-state index is 12.7. The third kappa shape index (κ3) is 4.18. The van der Waals surface area contributed by atoms with Crippen molar-refractivity contribution >= 4 is 29.2 Å². The number of nitrogens with zero attached hydrogens (tertiary/aromatic N) is 4. The molecule has 0 aliphatic heterocycles. The van der Waals surface area contributed by atoms with Crippen molar-refractivity contribution in [2.45, 2.75) is 6.42 Å². The largest absolute Gasteiger partial charge is 0.481 e. The van der Waals surface area contributed by atoms with Gasteiger partial charge in [0.2, 0.25) is 5.88 Å². The number of ether oxygens (including phenoxy) is 2. The van der Waals surface area contributed by atoms with Gasteiger partial charge in [-0.15, -0.1) is 6.58 Å². The molecule has 0 fully saturated rings. The van der Waals surface area contributed by atoms with Crippen molar-refractivity contribution in [1.82, 2.24) is 9.88 Å². The molecule has 0 atom stereocenters. The topological polar surface area (TPSA) is 105 Å². The van der Waals surface area contributed by atoms with E-state index in [-0.39, 0.29) is 22.2 Å². The van der Waals surface area contributed by atoms with Crippen LogP contribution in [0.5, 0.6) is 5.88 Å². The zero-order valence-electron chi connectivity index (χ0n) is 13.6. The van der Waals surface area contributed by atoms with Crippen LogP contribution in [0.1, 0.15) is 22.3 Å². The predicted octanol–water partition coefficient (Wildman–Crippen LogP) is 1.58. The Balaban J connectivity index is 3.53. The zero-order chi connectivity index (χ0) is 18.3. The van der Waals surface area contributed by atoms with Crippen molar-refractivity contribution in [3.05, 3.63) is 40.5 Å². The van der Waals surface area contributed by atoms with Crippen molar-refractivity contribution < 1.29 is 23.9 Å². The minimum atomic E-state index is -0.940. The molecule has 24 heavy (non-hydrogen) atoms. The molecular formula is C15H17ClN4O4. The Morgan fingerprint density at radius 2 is 2.17 bits per heavy atom. The number of esters is 1. The summed E-state index contributed by atoms with van der Waals surface area (Å²) in [6.45, 7) is 3.97. The maximum Gasteiger partial charge on any atom is 0.422 e. The highest BCUT2D eigenvalue weighted by Crippen LogP contribution is 2.25. The highest BCUT2D eigenvalue weighted by Gasteiger charge is 2.33. The van der Waals surface area contributed by atoms with Gasteiger partial charge in [0.1, 0.15) is 5.15 Å². The number of carbonyl (C=O) groups excluding carboxylic acids is 2. The molecule has 0 saturated heterocycles. The molecule has 0 unspecified atom stereocenters. The molecule has 1 heterocycles. The number of halogens is 1. The summed E-state index contributed by atoms with van der Waals surface area (Å²) in [6, 6.07) is 1.27. The zero-order valence-corrected chi connectivity index (χ0v) is 14.3. The summed E-state index contributed by atoms with van der Waals surface area (Å²) in [7, 11) is 4.02. The lowest BCUT2D eigenvalue weighted by Crippen LogP contribution is -2.31. The first-order chi connectivity index (χ1) is 11.4. The van der Waals surface area contributed by atoms with Crippen LogP contribution in [0, 0.1) is 0 Å². The fourth-order valence-corrected chi connectivity index (χ4v) is 2.13. The molecule has 0 N–H and O–H groups in total. The van der Waals surface area contributed by atoms with Crippen LogP contribution < -0.4 is 4.74 Å². The normalized spacial score (nSPS) is 9.67. The predicted molar refractivity (Wildman–Crippen MR) is 87.3 cm³/mol. The second-order valence-corrected chi connectivity index (χ2v) is 4.98. The number of pyridine rings is 1. The number of hydrogen-bond acceptors (Lipinski definition) is 5. The summed E-state index contributed by atoms with van der Waals surface area (Å²) in [5, 5.41) is -0.190. The number of amides is 1. The Morgan fingerprint density at radius 1 is 1.50 bits per heavy atom. The van der Waals surface area contributed by atoms with Gasteiger partial charge < -0.3 is 19.9 Å². The fraction of sp³-hybridized carbons (Fsp3) is 0.333. The molecule has 0 saturated carbocycles. The molecule has 0 aliphatic rings. The Bertz CT molecular complexity index is 714. The first-order valence-corrected chi connectivity index (χ1v) is 7.20. The molecular weight excluding hydrogens is 336 g/mol. The van der Waals surface area contributed by atoms with Crippen LogP contribution in [-0.2, 0) is 9.53 Å². The first-order valence-electron chi connectivity index (χ1n) is 6.82. The summed E-state index contributed by atoms with van der Waals surface area (Å²) in [4.78, 5) is 32.7. The van der Waals surface area contributed by atoms with E-state index in [1.165, 1.54) is 18.1 Å². The lowest BCUT2D eigenvalue weighted by molar-refractivity contribution is -0.137. The molecule has 1 aromatic heterocycles. The Kier molecular flexibility index (Phi) is 7.10. The number of hydrogen-bond donors (Lipinski definition) is 0. The Hall–Kier alpha value is -2.70. The molecule has 0 spiro atoms. The van der Waals surface area contributed by atoms with Gasteiger partial charge in [-0.05, 0) is 6.42 Å². The van der Waals surface area contributed by atoms with E-state index in [4.69, 9.17) is 21.9 Å². The van der Waals surface area contributed by atoms with E-state index >= 15 is 0 Å². The van der Waals surface area contributed by atoms with E-state index in [1.807, 2.05) is 0 Å². The van der Waals surface area contributed by atoms with Crippen LogP contribution in [-0.4, -0.2) is 60.1 Å². The molecule has 128 valence electrons. The van der Waals surface area contributed by atoms with Crippen molar-refractivity contribution in [2.75, 3.05) is 27.8 Å². The highest BCUT2D eigenvalue weighted by molar-refractivity contribution is 6.43. The second-order valence-electron chi connectivity index (χ2n) is 4.62. The lowest BCUT2D eigenvalue weighted by atomic mass is 10.0. The number of methoxy groups -OCH3 is 2. The van der Waals surface area contributed by atoms with Crippen molar-refractivity contribution in [3.8, 4) is 5.88 Å². The minimum Gasteiger partial charge on any atom is -0.481 e. The van der Waals surface area contributed by atoms with E-state index in [1.54, 1.807) is 13.1 Å². The minimum absolute atomic E-state index is 0.0448. The van der Waals surface area contributed by atoms with Gasteiger partial charge in [-0.3, -0.25) is 4.79 Å².